The van der Waals surface area contributed by atoms with E-state index in [1.165, 1.54) is 19.8 Å². The predicted molar refractivity (Wildman–Crippen MR) is 137 cm³/mol. The number of hydrogen-bond donors (Lipinski definition) is 1. The lowest BCUT2D eigenvalue weighted by Gasteiger charge is -2.29. The number of aryl methyl sites for hydroxylation is 1. The lowest BCUT2D eigenvalue weighted by Crippen LogP contribution is -2.30. The monoisotopic (exact) mass is 517 g/mol. The molecule has 0 saturated carbocycles. The second-order valence-corrected chi connectivity index (χ2v) is 9.23. The van der Waals surface area contributed by atoms with Crippen molar-refractivity contribution in [2.45, 2.75) is 38.5 Å². The SMILES string of the molecule is COC(=O)C1=CNC(CCc2cc(C(C)C)ccc2OC)=C(C(=O)OC)C1c1c(Cl)cccc1Cl. The molecule has 0 fully saturated rings. The minimum Gasteiger partial charge on any atom is -0.496 e. The Balaban J connectivity index is 2.12. The Bertz CT molecular complexity index is 1170. The molecule has 2 aromatic rings. The van der Waals surface area contributed by atoms with Gasteiger partial charge in [-0.25, -0.2) is 9.59 Å². The fraction of sp³-hybridized carbons (Fsp3) is 0.333. The molecule has 0 spiro atoms. The summed E-state index contributed by atoms with van der Waals surface area (Å²) in [6, 6.07) is 11.1. The van der Waals surface area contributed by atoms with Crippen LogP contribution < -0.4 is 10.1 Å². The second kappa shape index (κ2) is 11.6. The Morgan fingerprint density at radius 1 is 0.971 bits per heavy atom. The van der Waals surface area contributed by atoms with Gasteiger partial charge in [-0.1, -0.05) is 55.2 Å². The van der Waals surface area contributed by atoms with Crippen molar-refractivity contribution in [3.63, 3.8) is 0 Å². The molecular formula is C27H29Cl2NO5. The van der Waals surface area contributed by atoms with Gasteiger partial charge in [-0.3, -0.25) is 0 Å². The van der Waals surface area contributed by atoms with E-state index >= 15 is 0 Å². The van der Waals surface area contributed by atoms with E-state index in [0.29, 0.717) is 40.1 Å². The molecule has 0 amide bonds. The molecule has 1 atom stereocenters. The summed E-state index contributed by atoms with van der Waals surface area (Å²) < 4.78 is 15.7. The molecule has 186 valence electrons. The van der Waals surface area contributed by atoms with Gasteiger partial charge in [-0.2, -0.15) is 0 Å². The molecule has 0 radical (unpaired) electrons. The number of esters is 2. The Hall–Kier alpha value is -2.96. The zero-order valence-electron chi connectivity index (χ0n) is 20.4. The van der Waals surface area contributed by atoms with Crippen molar-refractivity contribution in [2.24, 2.45) is 0 Å². The quantitative estimate of drug-likeness (QED) is 0.437. The predicted octanol–water partition coefficient (Wildman–Crippen LogP) is 5.93. The Labute approximate surface area is 215 Å². The van der Waals surface area contributed by atoms with Crippen LogP contribution in [0.3, 0.4) is 0 Å². The van der Waals surface area contributed by atoms with E-state index < -0.39 is 17.9 Å². The van der Waals surface area contributed by atoms with Crippen molar-refractivity contribution in [3.05, 3.63) is 86.2 Å². The van der Waals surface area contributed by atoms with Crippen LogP contribution in [0.1, 0.15) is 48.8 Å². The molecule has 8 heteroatoms. The van der Waals surface area contributed by atoms with Gasteiger partial charge in [-0.05, 0) is 48.1 Å². The third kappa shape index (κ3) is 5.65. The van der Waals surface area contributed by atoms with Crippen LogP contribution in [0.25, 0.3) is 0 Å². The molecule has 0 aliphatic carbocycles. The summed E-state index contributed by atoms with van der Waals surface area (Å²) in [6.45, 7) is 4.26. The molecule has 0 aromatic heterocycles. The first-order chi connectivity index (χ1) is 16.7. The van der Waals surface area contributed by atoms with E-state index in [0.717, 1.165) is 11.3 Å². The first-order valence-corrected chi connectivity index (χ1v) is 12.0. The summed E-state index contributed by atoms with van der Waals surface area (Å²) in [5.41, 5.74) is 3.68. The fourth-order valence-corrected chi connectivity index (χ4v) is 4.82. The van der Waals surface area contributed by atoms with E-state index in [9.17, 15) is 9.59 Å². The third-order valence-electron chi connectivity index (χ3n) is 6.06. The average molecular weight is 518 g/mol. The topological polar surface area (TPSA) is 73.9 Å². The van der Waals surface area contributed by atoms with Crippen LogP contribution in [-0.4, -0.2) is 33.3 Å². The third-order valence-corrected chi connectivity index (χ3v) is 6.72. The molecule has 2 aromatic carbocycles. The number of hydrogen-bond acceptors (Lipinski definition) is 6. The van der Waals surface area contributed by atoms with Crippen molar-refractivity contribution in [2.75, 3.05) is 21.3 Å². The van der Waals surface area contributed by atoms with Gasteiger partial charge in [0.1, 0.15) is 5.75 Å². The number of benzene rings is 2. The molecule has 1 heterocycles. The minimum atomic E-state index is -0.865. The van der Waals surface area contributed by atoms with Crippen molar-refractivity contribution in [1.29, 1.82) is 0 Å². The summed E-state index contributed by atoms with van der Waals surface area (Å²) in [5, 5.41) is 3.77. The Morgan fingerprint density at radius 3 is 2.20 bits per heavy atom. The fourth-order valence-electron chi connectivity index (χ4n) is 4.21. The first kappa shape index (κ1) is 26.6. The molecule has 1 aliphatic rings. The summed E-state index contributed by atoms with van der Waals surface area (Å²) in [5.74, 6) is -0.941. The zero-order chi connectivity index (χ0) is 25.7. The highest BCUT2D eigenvalue weighted by molar-refractivity contribution is 6.36. The van der Waals surface area contributed by atoms with Crippen LogP contribution in [0.15, 0.2) is 59.4 Å². The summed E-state index contributed by atoms with van der Waals surface area (Å²) in [7, 11) is 4.20. The standard InChI is InChI=1S/C27H29Cl2NO5/c1-15(2)16-10-12-22(33-3)17(13-16)9-11-21-25(27(32)35-5)23(18(14-30-21)26(31)34-4)24-19(28)7-6-8-20(24)29/h6-8,10,12-15,23,30H,9,11H2,1-5H3. The van der Waals surface area contributed by atoms with Gasteiger partial charge >= 0.3 is 11.9 Å². The highest BCUT2D eigenvalue weighted by atomic mass is 35.5. The molecule has 1 aliphatic heterocycles. The Kier molecular flexibility index (Phi) is 8.87. The summed E-state index contributed by atoms with van der Waals surface area (Å²) >= 11 is 13.0. The number of methoxy groups -OCH3 is 3. The van der Waals surface area contributed by atoms with Crippen LogP contribution in [0, 0.1) is 0 Å². The van der Waals surface area contributed by atoms with E-state index in [1.807, 2.05) is 12.1 Å². The van der Waals surface area contributed by atoms with Crippen molar-refractivity contribution in [1.82, 2.24) is 5.32 Å². The van der Waals surface area contributed by atoms with E-state index in [2.05, 4.69) is 25.2 Å². The number of carbonyl (C=O) groups excluding carboxylic acids is 2. The number of allylic oxidation sites excluding steroid dienone is 1. The van der Waals surface area contributed by atoms with E-state index in [1.54, 1.807) is 31.5 Å². The smallest absolute Gasteiger partial charge is 0.336 e. The molecule has 3 rings (SSSR count). The lowest BCUT2D eigenvalue weighted by molar-refractivity contribution is -0.137. The highest BCUT2D eigenvalue weighted by Crippen LogP contribution is 2.44. The first-order valence-electron chi connectivity index (χ1n) is 11.2. The van der Waals surface area contributed by atoms with Gasteiger partial charge in [0.05, 0.1) is 38.4 Å². The van der Waals surface area contributed by atoms with Gasteiger partial charge in [0.15, 0.2) is 0 Å². The maximum absolute atomic E-state index is 13.1. The van der Waals surface area contributed by atoms with Crippen LogP contribution in [0.4, 0.5) is 0 Å². The maximum Gasteiger partial charge on any atom is 0.336 e. The molecular weight excluding hydrogens is 489 g/mol. The molecule has 0 bridgehead atoms. The van der Waals surface area contributed by atoms with Gasteiger partial charge in [-0.15, -0.1) is 0 Å². The largest absolute Gasteiger partial charge is 0.496 e. The molecule has 0 saturated heterocycles. The minimum absolute atomic E-state index is 0.200. The lowest BCUT2D eigenvalue weighted by atomic mass is 9.81. The number of rotatable bonds is 8. The number of ether oxygens (including phenoxy) is 3. The van der Waals surface area contributed by atoms with E-state index in [4.69, 9.17) is 37.4 Å². The number of halogens is 2. The van der Waals surface area contributed by atoms with Gasteiger partial charge in [0.2, 0.25) is 0 Å². The average Bonchev–Trinajstić information content (AvgIpc) is 2.86. The molecule has 35 heavy (non-hydrogen) atoms. The van der Waals surface area contributed by atoms with Crippen LogP contribution in [0.5, 0.6) is 5.75 Å². The van der Waals surface area contributed by atoms with Gasteiger partial charge < -0.3 is 19.5 Å². The molecule has 6 nitrogen and oxygen atoms in total. The highest BCUT2D eigenvalue weighted by Gasteiger charge is 2.38. The molecule has 1 unspecified atom stereocenters. The van der Waals surface area contributed by atoms with Crippen LogP contribution >= 0.6 is 23.2 Å². The molecule has 1 N–H and O–H groups in total. The van der Waals surface area contributed by atoms with E-state index in [-0.39, 0.29) is 11.1 Å². The van der Waals surface area contributed by atoms with Crippen molar-refractivity contribution in [3.8, 4) is 5.75 Å². The van der Waals surface area contributed by atoms with Gasteiger partial charge in [0, 0.05) is 27.5 Å². The van der Waals surface area contributed by atoms with Gasteiger partial charge in [0.25, 0.3) is 0 Å². The maximum atomic E-state index is 13.1. The number of carbonyl (C=O) groups is 2. The number of dihydropyridines is 1. The normalized spacial score (nSPS) is 15.4. The van der Waals surface area contributed by atoms with Crippen molar-refractivity contribution >= 4 is 35.1 Å². The Morgan fingerprint density at radius 2 is 1.63 bits per heavy atom. The summed E-state index contributed by atoms with van der Waals surface area (Å²) in [6.07, 6.45) is 2.57. The van der Waals surface area contributed by atoms with Crippen LogP contribution in [0.2, 0.25) is 10.0 Å². The second-order valence-electron chi connectivity index (χ2n) is 8.41. The van der Waals surface area contributed by atoms with Crippen LogP contribution in [-0.2, 0) is 25.5 Å². The van der Waals surface area contributed by atoms with Crippen molar-refractivity contribution < 1.29 is 23.8 Å². The summed E-state index contributed by atoms with van der Waals surface area (Å²) in [4.78, 5) is 25.8. The number of nitrogens with one attached hydrogen (secondary N) is 1. The zero-order valence-corrected chi connectivity index (χ0v) is 21.9.